The minimum atomic E-state index is -0.804. The van der Waals surface area contributed by atoms with Crippen LogP contribution in [-0.2, 0) is 4.79 Å². The van der Waals surface area contributed by atoms with Gasteiger partial charge in [0.15, 0.2) is 0 Å². The van der Waals surface area contributed by atoms with E-state index >= 15 is 0 Å². The highest BCUT2D eigenvalue weighted by Crippen LogP contribution is 2.27. The van der Waals surface area contributed by atoms with E-state index in [4.69, 9.17) is 0 Å². The topological polar surface area (TPSA) is 78.5 Å². The molecule has 6 heteroatoms. The number of carbonyl (C=O) groups is 3. The Morgan fingerprint density at radius 3 is 2.32 bits per heavy atom. The molecule has 0 saturated carbocycles. The van der Waals surface area contributed by atoms with Crippen LogP contribution in [0.5, 0.6) is 0 Å². The highest BCUT2D eigenvalue weighted by molar-refractivity contribution is 6.22. The van der Waals surface area contributed by atoms with E-state index in [-0.39, 0.29) is 29.7 Å². The maximum atomic E-state index is 12.9. The van der Waals surface area contributed by atoms with E-state index in [2.05, 4.69) is 17.6 Å². The lowest BCUT2D eigenvalue weighted by atomic mass is 9.93. The van der Waals surface area contributed by atoms with Crippen molar-refractivity contribution >= 4 is 17.7 Å². The summed E-state index contributed by atoms with van der Waals surface area (Å²) in [6, 6.07) is 5.94. The fourth-order valence-electron chi connectivity index (χ4n) is 3.63. The van der Waals surface area contributed by atoms with Crippen molar-refractivity contribution in [3.63, 3.8) is 0 Å². The second kappa shape index (κ2) is 6.96. The van der Waals surface area contributed by atoms with Crippen molar-refractivity contribution in [2.24, 2.45) is 11.8 Å². The number of amides is 3. The van der Waals surface area contributed by atoms with Gasteiger partial charge in [-0.1, -0.05) is 32.9 Å². The molecule has 2 N–H and O–H groups in total. The van der Waals surface area contributed by atoms with Gasteiger partial charge in [-0.25, -0.2) is 0 Å². The summed E-state index contributed by atoms with van der Waals surface area (Å²) in [4.78, 5) is 39.5. The van der Waals surface area contributed by atoms with Gasteiger partial charge in [-0.3, -0.25) is 19.3 Å². The third-order valence-electron chi connectivity index (χ3n) is 5.16. The summed E-state index contributed by atoms with van der Waals surface area (Å²) >= 11 is 0. The molecule has 0 aromatic heterocycles. The second-order valence-corrected chi connectivity index (χ2v) is 7.30. The molecular formula is C19H25N3O3. The van der Waals surface area contributed by atoms with Crippen LogP contribution in [0.4, 0.5) is 0 Å². The van der Waals surface area contributed by atoms with Crippen LogP contribution in [0.1, 0.15) is 47.9 Å². The fourth-order valence-corrected chi connectivity index (χ4v) is 3.63. The Balaban J connectivity index is 1.83. The molecule has 2 heterocycles. The van der Waals surface area contributed by atoms with Crippen LogP contribution in [0.2, 0.25) is 0 Å². The fraction of sp³-hybridized carbons (Fsp3) is 0.526. The first-order valence-electron chi connectivity index (χ1n) is 8.89. The lowest BCUT2D eigenvalue weighted by molar-refractivity contribution is -0.127. The van der Waals surface area contributed by atoms with Crippen LogP contribution in [0.3, 0.4) is 0 Å². The molecule has 0 spiro atoms. The Hall–Kier alpha value is -2.21. The van der Waals surface area contributed by atoms with Crippen LogP contribution in [0, 0.1) is 11.8 Å². The summed E-state index contributed by atoms with van der Waals surface area (Å²) in [5, 5.41) is 6.33. The zero-order chi connectivity index (χ0) is 18.1. The number of nitrogens with zero attached hydrogens (tertiary/aromatic N) is 1. The standard InChI is InChI=1S/C19H25N3O3/c1-11(2)16(17(23)21-15-10-20-9-8-12(15)3)22-18(24)13-6-4-5-7-14(13)19(22)25/h4-7,11-12,15-16,20H,8-10H2,1-3H3,(H,21,23). The van der Waals surface area contributed by atoms with E-state index in [1.54, 1.807) is 24.3 Å². The zero-order valence-electron chi connectivity index (χ0n) is 14.9. The van der Waals surface area contributed by atoms with Gasteiger partial charge >= 0.3 is 0 Å². The summed E-state index contributed by atoms with van der Waals surface area (Å²) in [5.74, 6) is -0.840. The number of carbonyl (C=O) groups excluding carboxylic acids is 3. The Morgan fingerprint density at radius 1 is 1.20 bits per heavy atom. The van der Waals surface area contributed by atoms with Gasteiger partial charge < -0.3 is 10.6 Å². The van der Waals surface area contributed by atoms with E-state index in [1.807, 2.05) is 13.8 Å². The van der Waals surface area contributed by atoms with Crippen LogP contribution in [0.25, 0.3) is 0 Å². The summed E-state index contributed by atoms with van der Waals surface area (Å²) in [6.07, 6.45) is 0.990. The van der Waals surface area contributed by atoms with Gasteiger partial charge in [0.2, 0.25) is 5.91 Å². The third kappa shape index (κ3) is 3.18. The van der Waals surface area contributed by atoms with E-state index in [0.29, 0.717) is 23.6 Å². The molecule has 1 aromatic carbocycles. The van der Waals surface area contributed by atoms with Gasteiger partial charge in [0, 0.05) is 12.6 Å². The number of nitrogens with one attached hydrogen (secondary N) is 2. The monoisotopic (exact) mass is 343 g/mol. The van der Waals surface area contributed by atoms with Gasteiger partial charge in [-0.2, -0.15) is 0 Å². The number of hydrogen-bond donors (Lipinski definition) is 2. The van der Waals surface area contributed by atoms with Crippen molar-refractivity contribution in [3.8, 4) is 0 Å². The summed E-state index contributed by atoms with van der Waals surface area (Å²) in [6.45, 7) is 7.48. The molecule has 0 radical (unpaired) electrons. The normalized spacial score (nSPS) is 24.4. The van der Waals surface area contributed by atoms with Crippen LogP contribution in [-0.4, -0.2) is 47.8 Å². The molecule has 1 aromatic rings. The predicted octanol–water partition coefficient (Wildman–Crippen LogP) is 1.42. The average molecular weight is 343 g/mol. The minimum absolute atomic E-state index is 0.0117. The SMILES string of the molecule is CC(C)C(C(=O)NC1CNCCC1C)N1C(=O)c2ccccc2C1=O. The maximum Gasteiger partial charge on any atom is 0.262 e. The molecule has 3 rings (SSSR count). The Morgan fingerprint density at radius 2 is 1.80 bits per heavy atom. The number of fused-ring (bicyclic) bond motifs is 1. The smallest absolute Gasteiger partial charge is 0.262 e. The molecule has 134 valence electrons. The van der Waals surface area contributed by atoms with E-state index in [9.17, 15) is 14.4 Å². The van der Waals surface area contributed by atoms with Crippen LogP contribution >= 0.6 is 0 Å². The largest absolute Gasteiger partial charge is 0.350 e. The first-order valence-corrected chi connectivity index (χ1v) is 8.89. The molecule has 1 saturated heterocycles. The van der Waals surface area contributed by atoms with Crippen molar-refractivity contribution < 1.29 is 14.4 Å². The Labute approximate surface area is 148 Å². The van der Waals surface area contributed by atoms with Crippen molar-refractivity contribution in [1.82, 2.24) is 15.5 Å². The van der Waals surface area contributed by atoms with Crippen molar-refractivity contribution in [2.45, 2.75) is 39.3 Å². The average Bonchev–Trinajstić information content (AvgIpc) is 2.83. The highest BCUT2D eigenvalue weighted by Gasteiger charge is 2.44. The van der Waals surface area contributed by atoms with Crippen molar-refractivity contribution in [1.29, 1.82) is 0 Å². The summed E-state index contributed by atoms with van der Waals surface area (Å²) < 4.78 is 0. The Bertz CT molecular complexity index is 666. The quantitative estimate of drug-likeness (QED) is 0.811. The van der Waals surface area contributed by atoms with Crippen molar-refractivity contribution in [3.05, 3.63) is 35.4 Å². The van der Waals surface area contributed by atoms with Gasteiger partial charge in [0.1, 0.15) is 6.04 Å². The number of hydrogen-bond acceptors (Lipinski definition) is 4. The molecule has 2 aliphatic heterocycles. The second-order valence-electron chi connectivity index (χ2n) is 7.30. The van der Waals surface area contributed by atoms with Gasteiger partial charge in [-0.05, 0) is 36.9 Å². The van der Waals surface area contributed by atoms with Crippen LogP contribution in [0.15, 0.2) is 24.3 Å². The molecule has 3 amide bonds. The number of imide groups is 1. The van der Waals surface area contributed by atoms with E-state index < -0.39 is 6.04 Å². The zero-order valence-corrected chi connectivity index (χ0v) is 14.9. The van der Waals surface area contributed by atoms with Gasteiger partial charge in [0.25, 0.3) is 11.8 Å². The summed E-state index contributed by atoms with van der Waals surface area (Å²) in [5.41, 5.74) is 0.748. The number of piperidine rings is 1. The molecule has 0 bridgehead atoms. The molecule has 25 heavy (non-hydrogen) atoms. The maximum absolute atomic E-state index is 12.9. The lowest BCUT2D eigenvalue weighted by Crippen LogP contribution is -2.58. The van der Waals surface area contributed by atoms with Crippen molar-refractivity contribution in [2.75, 3.05) is 13.1 Å². The lowest BCUT2D eigenvalue weighted by Gasteiger charge is -2.34. The molecule has 0 aliphatic carbocycles. The van der Waals surface area contributed by atoms with Crippen LogP contribution < -0.4 is 10.6 Å². The molecule has 6 nitrogen and oxygen atoms in total. The number of benzene rings is 1. The predicted molar refractivity (Wildman–Crippen MR) is 94.1 cm³/mol. The molecule has 3 atom stereocenters. The molecule has 2 aliphatic rings. The summed E-state index contributed by atoms with van der Waals surface area (Å²) in [7, 11) is 0. The first kappa shape index (κ1) is 17.6. The molecule has 3 unspecified atom stereocenters. The van der Waals surface area contributed by atoms with E-state index in [0.717, 1.165) is 17.9 Å². The van der Waals surface area contributed by atoms with Gasteiger partial charge in [0.05, 0.1) is 11.1 Å². The first-order chi connectivity index (χ1) is 11.9. The Kier molecular flexibility index (Phi) is 4.90. The third-order valence-corrected chi connectivity index (χ3v) is 5.16. The molecule has 1 fully saturated rings. The molecular weight excluding hydrogens is 318 g/mol. The van der Waals surface area contributed by atoms with Gasteiger partial charge in [-0.15, -0.1) is 0 Å². The minimum Gasteiger partial charge on any atom is -0.350 e. The highest BCUT2D eigenvalue weighted by atomic mass is 16.2. The number of rotatable bonds is 4. The van der Waals surface area contributed by atoms with E-state index in [1.165, 1.54) is 0 Å².